The van der Waals surface area contributed by atoms with Gasteiger partial charge in [-0.1, -0.05) is 0 Å². The number of esters is 1. The molecule has 1 aliphatic heterocycles. The standard InChI is InChI=1S/C22H21F2N3O6/c1-13-10-16(27(31)32)3-5-19(13)25-20(28)12-33-22(30)14-6-8-26(9-7-14)21(29)17-4-2-15(23)11-18(17)24/h2-5,10-11,14H,6-9,12H2,1H3,(H,25,28). The minimum absolute atomic E-state index is 0.107. The lowest BCUT2D eigenvalue weighted by molar-refractivity contribution is -0.384. The van der Waals surface area contributed by atoms with Crippen molar-refractivity contribution in [3.63, 3.8) is 0 Å². The third-order valence-electron chi connectivity index (χ3n) is 5.32. The summed E-state index contributed by atoms with van der Waals surface area (Å²) in [6.07, 6.45) is 0.549. The van der Waals surface area contributed by atoms with Crippen molar-refractivity contribution in [3.05, 3.63) is 69.3 Å². The topological polar surface area (TPSA) is 119 Å². The first kappa shape index (κ1) is 23.8. The quantitative estimate of drug-likeness (QED) is 0.401. The highest BCUT2D eigenvalue weighted by Gasteiger charge is 2.30. The molecule has 174 valence electrons. The minimum atomic E-state index is -0.948. The van der Waals surface area contributed by atoms with E-state index in [-0.39, 0.29) is 37.2 Å². The number of carbonyl (C=O) groups excluding carboxylic acids is 3. The van der Waals surface area contributed by atoms with Crippen LogP contribution in [-0.4, -0.2) is 47.3 Å². The second-order valence-corrected chi connectivity index (χ2v) is 7.60. The number of nitrogens with zero attached hydrogens (tertiary/aromatic N) is 2. The molecule has 0 unspecified atom stereocenters. The van der Waals surface area contributed by atoms with E-state index in [2.05, 4.69) is 5.32 Å². The molecule has 2 aromatic carbocycles. The number of nitro benzene ring substituents is 1. The van der Waals surface area contributed by atoms with E-state index in [0.717, 1.165) is 12.1 Å². The van der Waals surface area contributed by atoms with E-state index in [4.69, 9.17) is 4.74 Å². The van der Waals surface area contributed by atoms with Crippen molar-refractivity contribution in [2.24, 2.45) is 5.92 Å². The number of halogens is 2. The molecular formula is C22H21F2N3O6. The van der Waals surface area contributed by atoms with Crippen LogP contribution in [0, 0.1) is 34.6 Å². The molecule has 0 saturated carbocycles. The van der Waals surface area contributed by atoms with Crippen molar-refractivity contribution in [1.29, 1.82) is 0 Å². The fourth-order valence-corrected chi connectivity index (χ4v) is 3.49. The van der Waals surface area contributed by atoms with Crippen molar-refractivity contribution < 1.29 is 32.8 Å². The molecule has 0 atom stereocenters. The van der Waals surface area contributed by atoms with Gasteiger partial charge < -0.3 is 15.0 Å². The highest BCUT2D eigenvalue weighted by Crippen LogP contribution is 2.23. The Morgan fingerprint density at radius 2 is 1.85 bits per heavy atom. The zero-order chi connectivity index (χ0) is 24.1. The molecule has 3 rings (SSSR count). The van der Waals surface area contributed by atoms with Gasteiger partial charge in [-0.2, -0.15) is 0 Å². The summed E-state index contributed by atoms with van der Waals surface area (Å²) in [7, 11) is 0. The molecule has 1 N–H and O–H groups in total. The summed E-state index contributed by atoms with van der Waals surface area (Å²) in [5.41, 5.74) is 0.500. The van der Waals surface area contributed by atoms with E-state index in [1.54, 1.807) is 6.92 Å². The van der Waals surface area contributed by atoms with E-state index in [0.29, 0.717) is 17.3 Å². The Kier molecular flexibility index (Phi) is 7.31. The monoisotopic (exact) mass is 461 g/mol. The lowest BCUT2D eigenvalue weighted by atomic mass is 9.96. The molecule has 0 bridgehead atoms. The Hall–Kier alpha value is -3.89. The number of carbonyl (C=O) groups is 3. The van der Waals surface area contributed by atoms with E-state index in [9.17, 15) is 33.3 Å². The SMILES string of the molecule is Cc1cc([N+](=O)[O-])ccc1NC(=O)COC(=O)C1CCN(C(=O)c2ccc(F)cc2F)CC1. The van der Waals surface area contributed by atoms with Crippen molar-refractivity contribution in [2.75, 3.05) is 25.0 Å². The summed E-state index contributed by atoms with van der Waals surface area (Å²) in [6.45, 7) is 1.43. The van der Waals surface area contributed by atoms with Gasteiger partial charge in [-0.3, -0.25) is 24.5 Å². The molecule has 11 heteroatoms. The number of nitro groups is 1. The van der Waals surface area contributed by atoms with Gasteiger partial charge in [0.2, 0.25) is 0 Å². The van der Waals surface area contributed by atoms with Gasteiger partial charge in [-0.15, -0.1) is 0 Å². The molecule has 1 aliphatic rings. The van der Waals surface area contributed by atoms with Crippen LogP contribution >= 0.6 is 0 Å². The number of ether oxygens (including phenoxy) is 1. The molecule has 0 aliphatic carbocycles. The number of non-ortho nitro benzene ring substituents is 1. The molecule has 0 aromatic heterocycles. The first-order chi connectivity index (χ1) is 15.7. The molecular weight excluding hydrogens is 440 g/mol. The average molecular weight is 461 g/mol. The molecule has 2 amide bonds. The molecule has 1 saturated heterocycles. The number of aryl methyl sites for hydroxylation is 1. The Balaban J connectivity index is 1.47. The molecule has 1 heterocycles. The molecule has 1 fully saturated rings. The number of anilines is 1. The van der Waals surface area contributed by atoms with Gasteiger partial charge in [0.25, 0.3) is 17.5 Å². The summed E-state index contributed by atoms with van der Waals surface area (Å²) < 4.78 is 31.9. The van der Waals surface area contributed by atoms with Crippen LogP contribution in [0.5, 0.6) is 0 Å². The average Bonchev–Trinajstić information content (AvgIpc) is 2.78. The molecule has 33 heavy (non-hydrogen) atoms. The van der Waals surface area contributed by atoms with Crippen molar-refractivity contribution in [3.8, 4) is 0 Å². The first-order valence-corrected chi connectivity index (χ1v) is 10.1. The second kappa shape index (κ2) is 10.2. The van der Waals surface area contributed by atoms with Crippen LogP contribution < -0.4 is 5.32 Å². The smallest absolute Gasteiger partial charge is 0.309 e. The predicted molar refractivity (Wildman–Crippen MR) is 112 cm³/mol. The third-order valence-corrected chi connectivity index (χ3v) is 5.32. The highest BCUT2D eigenvalue weighted by molar-refractivity contribution is 5.95. The van der Waals surface area contributed by atoms with Gasteiger partial charge in [0.15, 0.2) is 6.61 Å². The Bertz CT molecular complexity index is 1100. The number of benzene rings is 2. The predicted octanol–water partition coefficient (Wildman–Crippen LogP) is 3.22. The fraction of sp³-hybridized carbons (Fsp3) is 0.318. The third kappa shape index (κ3) is 5.88. The van der Waals surface area contributed by atoms with Crippen LogP contribution in [0.1, 0.15) is 28.8 Å². The summed E-state index contributed by atoms with van der Waals surface area (Å²) >= 11 is 0. The van der Waals surface area contributed by atoms with Gasteiger partial charge in [0, 0.05) is 37.0 Å². The van der Waals surface area contributed by atoms with Gasteiger partial charge >= 0.3 is 5.97 Å². The Morgan fingerprint density at radius 1 is 1.15 bits per heavy atom. The minimum Gasteiger partial charge on any atom is -0.455 e. The molecule has 2 aromatic rings. The number of likely N-dealkylation sites (tertiary alicyclic amines) is 1. The van der Waals surface area contributed by atoms with E-state index >= 15 is 0 Å². The summed E-state index contributed by atoms with van der Waals surface area (Å²) in [4.78, 5) is 48.4. The van der Waals surface area contributed by atoms with Crippen LogP contribution in [0.25, 0.3) is 0 Å². The maximum atomic E-state index is 13.8. The van der Waals surface area contributed by atoms with Crippen molar-refractivity contribution in [2.45, 2.75) is 19.8 Å². The second-order valence-electron chi connectivity index (χ2n) is 7.60. The maximum Gasteiger partial charge on any atom is 0.309 e. The summed E-state index contributed by atoms with van der Waals surface area (Å²) in [6, 6.07) is 6.68. The highest BCUT2D eigenvalue weighted by atomic mass is 19.1. The Morgan fingerprint density at radius 3 is 2.45 bits per heavy atom. The first-order valence-electron chi connectivity index (χ1n) is 10.1. The molecule has 9 nitrogen and oxygen atoms in total. The van der Waals surface area contributed by atoms with E-state index in [1.165, 1.54) is 23.1 Å². The number of hydrogen-bond acceptors (Lipinski definition) is 6. The van der Waals surface area contributed by atoms with Gasteiger partial charge in [-0.05, 0) is 43.5 Å². The zero-order valence-corrected chi connectivity index (χ0v) is 17.7. The number of hydrogen-bond donors (Lipinski definition) is 1. The number of amides is 2. The normalized spacial score (nSPS) is 14.0. The lowest BCUT2D eigenvalue weighted by Gasteiger charge is -2.31. The lowest BCUT2D eigenvalue weighted by Crippen LogP contribution is -2.41. The van der Waals surface area contributed by atoms with Crippen LogP contribution in [0.3, 0.4) is 0 Å². The largest absolute Gasteiger partial charge is 0.455 e. The van der Waals surface area contributed by atoms with Crippen LogP contribution in [0.15, 0.2) is 36.4 Å². The van der Waals surface area contributed by atoms with Crippen LogP contribution in [0.2, 0.25) is 0 Å². The van der Waals surface area contributed by atoms with E-state index in [1.807, 2.05) is 0 Å². The van der Waals surface area contributed by atoms with Crippen LogP contribution in [0.4, 0.5) is 20.2 Å². The number of piperidine rings is 1. The number of nitrogens with one attached hydrogen (secondary N) is 1. The van der Waals surface area contributed by atoms with Crippen LogP contribution in [-0.2, 0) is 14.3 Å². The van der Waals surface area contributed by atoms with Crippen molar-refractivity contribution in [1.82, 2.24) is 4.90 Å². The van der Waals surface area contributed by atoms with E-state index < -0.39 is 46.9 Å². The van der Waals surface area contributed by atoms with Gasteiger partial charge in [0.1, 0.15) is 11.6 Å². The van der Waals surface area contributed by atoms with Crippen molar-refractivity contribution >= 4 is 29.2 Å². The summed E-state index contributed by atoms with van der Waals surface area (Å²) in [5.74, 6) is -4.03. The van der Waals surface area contributed by atoms with Gasteiger partial charge in [-0.25, -0.2) is 8.78 Å². The fourth-order valence-electron chi connectivity index (χ4n) is 3.49. The number of rotatable bonds is 6. The maximum absolute atomic E-state index is 13.8. The molecule has 0 radical (unpaired) electrons. The van der Waals surface area contributed by atoms with Gasteiger partial charge in [0.05, 0.1) is 16.4 Å². The summed E-state index contributed by atoms with van der Waals surface area (Å²) in [5, 5.41) is 13.3. The molecule has 0 spiro atoms. The Labute approximate surface area is 187 Å². The zero-order valence-electron chi connectivity index (χ0n) is 17.7.